The number of carbonyl (C=O) groups is 2. The number of aryl methyl sites for hydroxylation is 1. The molecule has 2 heterocycles. The van der Waals surface area contributed by atoms with Gasteiger partial charge in [-0.1, -0.05) is 6.07 Å². The van der Waals surface area contributed by atoms with Gasteiger partial charge in [-0.3, -0.25) is 9.59 Å². The molecule has 5 N–H and O–H groups in total. The number of carbonyl (C=O) groups excluding carboxylic acids is 2. The Kier molecular flexibility index (Phi) is 6.48. The molecule has 1 aromatic heterocycles. The number of anilines is 2. The minimum absolute atomic E-state index is 0.00775. The normalized spacial score (nSPS) is 14.2. The number of rotatable bonds is 6. The van der Waals surface area contributed by atoms with E-state index in [2.05, 4.69) is 20.6 Å². The second-order valence-electron chi connectivity index (χ2n) is 7.82. The fourth-order valence-corrected chi connectivity index (χ4v) is 3.39. The van der Waals surface area contributed by atoms with Crippen molar-refractivity contribution < 1.29 is 28.2 Å². The first-order valence-corrected chi connectivity index (χ1v) is 10.3. The van der Waals surface area contributed by atoms with Gasteiger partial charge in [-0.2, -0.15) is 0 Å². The topological polar surface area (TPSA) is 139 Å². The van der Waals surface area contributed by atoms with E-state index in [1.807, 2.05) is 0 Å². The summed E-state index contributed by atoms with van der Waals surface area (Å²) in [6, 6.07) is 7.15. The SMILES string of the molecule is Cc1cc(NC(=O)[C@H](O)c2cc(F)cc(F)c2)ccc1-c1cnc(N)c(C(=O)NC2COC2)n1. The molecule has 0 unspecified atom stereocenters. The lowest BCUT2D eigenvalue weighted by Gasteiger charge is -2.26. The Morgan fingerprint density at radius 3 is 2.50 bits per heavy atom. The number of hydrogen-bond acceptors (Lipinski definition) is 7. The van der Waals surface area contributed by atoms with Crippen LogP contribution >= 0.6 is 0 Å². The van der Waals surface area contributed by atoms with Gasteiger partial charge in [-0.05, 0) is 42.3 Å². The lowest BCUT2D eigenvalue weighted by atomic mass is 10.0. The number of nitrogen functional groups attached to an aromatic ring is 1. The van der Waals surface area contributed by atoms with E-state index in [4.69, 9.17) is 10.5 Å². The molecule has 3 aromatic rings. The third-order valence-electron chi connectivity index (χ3n) is 5.21. The second-order valence-corrected chi connectivity index (χ2v) is 7.82. The van der Waals surface area contributed by atoms with Crippen LogP contribution in [0.1, 0.15) is 27.7 Å². The Bertz CT molecular complexity index is 1250. The van der Waals surface area contributed by atoms with E-state index in [0.29, 0.717) is 41.8 Å². The van der Waals surface area contributed by atoms with Gasteiger partial charge in [0.2, 0.25) is 0 Å². The van der Waals surface area contributed by atoms with Crippen LogP contribution in [-0.4, -0.2) is 46.1 Å². The van der Waals surface area contributed by atoms with Gasteiger partial charge in [0.15, 0.2) is 17.6 Å². The number of aliphatic hydroxyl groups excluding tert-OH is 1. The number of aliphatic hydroxyl groups is 1. The molecule has 9 nitrogen and oxygen atoms in total. The molecule has 1 saturated heterocycles. The van der Waals surface area contributed by atoms with Crippen LogP contribution in [0.2, 0.25) is 0 Å². The average molecular weight is 469 g/mol. The van der Waals surface area contributed by atoms with Crippen LogP contribution in [0.5, 0.6) is 0 Å². The van der Waals surface area contributed by atoms with Gasteiger partial charge in [0, 0.05) is 17.3 Å². The van der Waals surface area contributed by atoms with Crippen molar-refractivity contribution in [1.29, 1.82) is 0 Å². The zero-order valence-corrected chi connectivity index (χ0v) is 18.0. The van der Waals surface area contributed by atoms with Crippen molar-refractivity contribution in [2.24, 2.45) is 0 Å². The highest BCUT2D eigenvalue weighted by molar-refractivity contribution is 5.97. The van der Waals surface area contributed by atoms with E-state index >= 15 is 0 Å². The van der Waals surface area contributed by atoms with E-state index in [1.165, 1.54) is 6.20 Å². The molecule has 2 aromatic carbocycles. The Morgan fingerprint density at radius 2 is 1.88 bits per heavy atom. The smallest absolute Gasteiger partial charge is 0.274 e. The number of nitrogens with one attached hydrogen (secondary N) is 2. The predicted octanol–water partition coefficient (Wildman–Crippen LogP) is 2.11. The Hall–Kier alpha value is -3.96. The summed E-state index contributed by atoms with van der Waals surface area (Å²) in [5.74, 6) is -3.12. The molecule has 0 bridgehead atoms. The van der Waals surface area contributed by atoms with Crippen LogP contribution in [0.15, 0.2) is 42.6 Å². The van der Waals surface area contributed by atoms with E-state index in [9.17, 15) is 23.5 Å². The van der Waals surface area contributed by atoms with E-state index in [-0.39, 0.29) is 23.1 Å². The zero-order valence-electron chi connectivity index (χ0n) is 18.0. The van der Waals surface area contributed by atoms with Crippen molar-refractivity contribution in [2.45, 2.75) is 19.1 Å². The minimum Gasteiger partial charge on any atom is -0.382 e. The average Bonchev–Trinajstić information content (AvgIpc) is 2.75. The monoisotopic (exact) mass is 469 g/mol. The quantitative estimate of drug-likeness (QED) is 0.434. The number of ether oxygens (including phenoxy) is 1. The molecule has 176 valence electrons. The Labute approximate surface area is 193 Å². The highest BCUT2D eigenvalue weighted by atomic mass is 19.1. The molecule has 1 aliphatic rings. The van der Waals surface area contributed by atoms with Gasteiger partial charge in [-0.15, -0.1) is 0 Å². The maximum absolute atomic E-state index is 13.4. The van der Waals surface area contributed by atoms with E-state index in [0.717, 1.165) is 12.1 Å². The number of amides is 2. The van der Waals surface area contributed by atoms with Gasteiger partial charge >= 0.3 is 0 Å². The first-order chi connectivity index (χ1) is 16.2. The summed E-state index contributed by atoms with van der Waals surface area (Å²) in [4.78, 5) is 33.3. The summed E-state index contributed by atoms with van der Waals surface area (Å²) in [6.07, 6.45) is -0.336. The maximum Gasteiger partial charge on any atom is 0.274 e. The van der Waals surface area contributed by atoms with Crippen LogP contribution in [0, 0.1) is 18.6 Å². The largest absolute Gasteiger partial charge is 0.382 e. The molecule has 0 aliphatic carbocycles. The molecular weight excluding hydrogens is 448 g/mol. The third kappa shape index (κ3) is 5.00. The maximum atomic E-state index is 13.4. The Morgan fingerprint density at radius 1 is 1.18 bits per heavy atom. The van der Waals surface area contributed by atoms with Gasteiger partial charge in [0.1, 0.15) is 11.6 Å². The molecule has 4 rings (SSSR count). The first-order valence-electron chi connectivity index (χ1n) is 10.3. The number of nitrogens with two attached hydrogens (primary N) is 1. The number of benzene rings is 2. The summed E-state index contributed by atoms with van der Waals surface area (Å²) in [5, 5.41) is 15.4. The molecule has 2 amide bonds. The van der Waals surface area contributed by atoms with Crippen LogP contribution in [0.4, 0.5) is 20.3 Å². The molecule has 1 atom stereocenters. The summed E-state index contributed by atoms with van der Waals surface area (Å²) in [6.45, 7) is 2.61. The zero-order chi connectivity index (χ0) is 24.4. The van der Waals surface area contributed by atoms with Crippen molar-refractivity contribution in [1.82, 2.24) is 15.3 Å². The summed E-state index contributed by atoms with van der Waals surface area (Å²) in [7, 11) is 0. The summed E-state index contributed by atoms with van der Waals surface area (Å²) >= 11 is 0. The predicted molar refractivity (Wildman–Crippen MR) is 119 cm³/mol. The van der Waals surface area contributed by atoms with Crippen molar-refractivity contribution in [2.75, 3.05) is 24.3 Å². The number of aromatic nitrogens is 2. The lowest BCUT2D eigenvalue weighted by Crippen LogP contribution is -2.48. The van der Waals surface area contributed by atoms with Gasteiger partial charge in [0.05, 0.1) is 31.1 Å². The lowest BCUT2D eigenvalue weighted by molar-refractivity contribution is -0.124. The van der Waals surface area contributed by atoms with E-state index in [1.54, 1.807) is 25.1 Å². The van der Waals surface area contributed by atoms with Crippen LogP contribution in [0.3, 0.4) is 0 Å². The first kappa shape index (κ1) is 23.2. The van der Waals surface area contributed by atoms with Gasteiger partial charge in [-0.25, -0.2) is 18.7 Å². The Balaban J connectivity index is 1.51. The molecule has 0 spiro atoms. The fraction of sp³-hybridized carbons (Fsp3) is 0.217. The standard InChI is InChI=1S/C23H21F2N5O4/c1-11-4-15(28-23(33)20(31)12-5-13(24)7-14(25)6-12)2-3-17(11)18-8-27-21(26)19(30-18)22(32)29-16-9-34-10-16/h2-8,16,20,31H,9-10H2,1H3,(H2,26,27)(H,28,33)(H,29,32)/t20-/m1/s1. The summed E-state index contributed by atoms with van der Waals surface area (Å²) in [5.41, 5.74) is 7.68. The van der Waals surface area contributed by atoms with Gasteiger partial charge < -0.3 is 26.2 Å². The molecule has 11 heteroatoms. The number of hydrogen-bond donors (Lipinski definition) is 4. The highest BCUT2D eigenvalue weighted by Crippen LogP contribution is 2.26. The molecular formula is C23H21F2N5O4. The van der Waals surface area contributed by atoms with Crippen molar-refractivity contribution in [3.8, 4) is 11.3 Å². The van der Waals surface area contributed by atoms with Crippen LogP contribution < -0.4 is 16.4 Å². The fourth-order valence-electron chi connectivity index (χ4n) is 3.39. The van der Waals surface area contributed by atoms with Crippen LogP contribution in [-0.2, 0) is 9.53 Å². The van der Waals surface area contributed by atoms with Crippen molar-refractivity contribution in [3.63, 3.8) is 0 Å². The minimum atomic E-state index is -1.77. The molecule has 0 saturated carbocycles. The molecule has 1 fully saturated rings. The van der Waals surface area contributed by atoms with Crippen molar-refractivity contribution >= 4 is 23.3 Å². The van der Waals surface area contributed by atoms with Crippen molar-refractivity contribution in [3.05, 3.63) is 71.1 Å². The second kappa shape index (κ2) is 9.49. The summed E-state index contributed by atoms with van der Waals surface area (Å²) < 4.78 is 31.8. The number of nitrogens with zero attached hydrogens (tertiary/aromatic N) is 2. The molecule has 1 aliphatic heterocycles. The molecule has 34 heavy (non-hydrogen) atoms. The van der Waals surface area contributed by atoms with Crippen LogP contribution in [0.25, 0.3) is 11.3 Å². The van der Waals surface area contributed by atoms with E-state index < -0.39 is 29.6 Å². The molecule has 0 radical (unpaired) electrons. The third-order valence-corrected chi connectivity index (χ3v) is 5.21. The van der Waals surface area contributed by atoms with Gasteiger partial charge in [0.25, 0.3) is 11.8 Å². The highest BCUT2D eigenvalue weighted by Gasteiger charge is 2.24. The number of halogens is 2.